The van der Waals surface area contributed by atoms with Gasteiger partial charge in [0.2, 0.25) is 0 Å². The zero-order valence-corrected chi connectivity index (χ0v) is 12.9. The summed E-state index contributed by atoms with van der Waals surface area (Å²) in [6.45, 7) is 4.39. The van der Waals surface area contributed by atoms with E-state index in [2.05, 4.69) is 67.1 Å². The summed E-state index contributed by atoms with van der Waals surface area (Å²) in [6.07, 6.45) is 2.73. The highest BCUT2D eigenvalue weighted by molar-refractivity contribution is 8.01. The summed E-state index contributed by atoms with van der Waals surface area (Å²) in [5, 5.41) is 0.580. The summed E-state index contributed by atoms with van der Waals surface area (Å²) in [7, 11) is 0. The standard InChI is InChI=1S/C18H21NS/c1-13(2)20-19-18-5-3-4-17(12-18)16-10-8-15(9-11-16)14-6-7-14/h3-5,8-14,19H,6-7H2,1-2H3. The third-order valence-electron chi connectivity index (χ3n) is 3.57. The zero-order valence-electron chi connectivity index (χ0n) is 12.1. The summed E-state index contributed by atoms with van der Waals surface area (Å²) in [4.78, 5) is 0. The molecule has 0 unspecified atom stereocenters. The van der Waals surface area contributed by atoms with Gasteiger partial charge in [0, 0.05) is 10.9 Å². The van der Waals surface area contributed by atoms with E-state index in [4.69, 9.17) is 0 Å². The highest BCUT2D eigenvalue weighted by Crippen LogP contribution is 2.40. The van der Waals surface area contributed by atoms with Gasteiger partial charge in [-0.15, -0.1) is 0 Å². The van der Waals surface area contributed by atoms with Crippen LogP contribution >= 0.6 is 11.9 Å². The van der Waals surface area contributed by atoms with E-state index in [-0.39, 0.29) is 0 Å². The molecule has 2 heteroatoms. The fourth-order valence-electron chi connectivity index (χ4n) is 2.31. The van der Waals surface area contributed by atoms with Crippen molar-refractivity contribution in [2.75, 3.05) is 4.72 Å². The highest BCUT2D eigenvalue weighted by atomic mass is 32.2. The molecule has 104 valence electrons. The molecule has 2 aromatic rings. The molecular weight excluding hydrogens is 262 g/mol. The largest absolute Gasteiger partial charge is 0.330 e. The summed E-state index contributed by atoms with van der Waals surface area (Å²) in [5.74, 6) is 0.833. The fraction of sp³-hybridized carbons (Fsp3) is 0.333. The Bertz CT molecular complexity index is 570. The van der Waals surface area contributed by atoms with E-state index in [1.54, 1.807) is 11.9 Å². The molecule has 0 aliphatic heterocycles. The van der Waals surface area contributed by atoms with Crippen LogP contribution in [0.25, 0.3) is 11.1 Å². The van der Waals surface area contributed by atoms with Gasteiger partial charge in [-0.05, 0) is 59.5 Å². The van der Waals surface area contributed by atoms with Crippen LogP contribution in [0.1, 0.15) is 38.2 Å². The van der Waals surface area contributed by atoms with Crippen molar-refractivity contribution >= 4 is 17.6 Å². The second-order valence-corrected chi connectivity index (χ2v) is 7.13. The second kappa shape index (κ2) is 5.92. The quantitative estimate of drug-likeness (QED) is 0.706. The molecule has 20 heavy (non-hydrogen) atoms. The predicted molar refractivity (Wildman–Crippen MR) is 90.2 cm³/mol. The van der Waals surface area contributed by atoms with Crippen LogP contribution in [0.4, 0.5) is 5.69 Å². The maximum atomic E-state index is 3.41. The molecule has 0 bridgehead atoms. The molecule has 1 aliphatic carbocycles. The smallest absolute Gasteiger partial charge is 0.0446 e. The minimum Gasteiger partial charge on any atom is -0.330 e. The molecule has 0 heterocycles. The van der Waals surface area contributed by atoms with Crippen LogP contribution in [0.2, 0.25) is 0 Å². The molecule has 0 aromatic heterocycles. The number of anilines is 1. The second-order valence-electron chi connectivity index (χ2n) is 5.75. The van der Waals surface area contributed by atoms with Crippen molar-refractivity contribution in [3.8, 4) is 11.1 Å². The highest BCUT2D eigenvalue weighted by Gasteiger charge is 2.22. The average Bonchev–Trinajstić information content (AvgIpc) is 3.30. The number of benzene rings is 2. The fourth-order valence-corrected chi connectivity index (χ4v) is 2.81. The first-order valence-corrected chi connectivity index (χ1v) is 8.22. The van der Waals surface area contributed by atoms with Crippen LogP contribution in [0, 0.1) is 0 Å². The topological polar surface area (TPSA) is 12.0 Å². The van der Waals surface area contributed by atoms with E-state index in [0.29, 0.717) is 5.25 Å². The summed E-state index contributed by atoms with van der Waals surface area (Å²) in [6, 6.07) is 17.7. The molecule has 0 radical (unpaired) electrons. The number of rotatable bonds is 5. The summed E-state index contributed by atoms with van der Waals surface area (Å²) < 4.78 is 3.41. The van der Waals surface area contributed by atoms with Gasteiger partial charge in [0.1, 0.15) is 0 Å². The van der Waals surface area contributed by atoms with Crippen LogP contribution in [-0.2, 0) is 0 Å². The van der Waals surface area contributed by atoms with Crippen LogP contribution in [0.5, 0.6) is 0 Å². The molecule has 1 nitrogen and oxygen atoms in total. The van der Waals surface area contributed by atoms with E-state index in [1.165, 1.54) is 35.2 Å². The Morgan fingerprint density at radius 1 is 1.00 bits per heavy atom. The predicted octanol–water partition coefficient (Wildman–Crippen LogP) is 5.70. The van der Waals surface area contributed by atoms with Crippen LogP contribution in [-0.4, -0.2) is 5.25 Å². The molecule has 0 atom stereocenters. The van der Waals surface area contributed by atoms with Gasteiger partial charge in [0.15, 0.2) is 0 Å². The normalized spacial score (nSPS) is 14.6. The molecule has 3 rings (SSSR count). The van der Waals surface area contributed by atoms with Gasteiger partial charge in [0.25, 0.3) is 0 Å². The lowest BCUT2D eigenvalue weighted by Crippen LogP contribution is -1.94. The van der Waals surface area contributed by atoms with Crippen molar-refractivity contribution in [1.82, 2.24) is 0 Å². The Morgan fingerprint density at radius 3 is 2.40 bits per heavy atom. The first-order valence-electron chi connectivity index (χ1n) is 7.34. The van der Waals surface area contributed by atoms with Crippen LogP contribution < -0.4 is 4.72 Å². The lowest BCUT2D eigenvalue weighted by Gasteiger charge is -2.10. The van der Waals surface area contributed by atoms with Gasteiger partial charge in [-0.25, -0.2) is 0 Å². The van der Waals surface area contributed by atoms with Crippen molar-refractivity contribution in [3.05, 3.63) is 54.1 Å². The lowest BCUT2D eigenvalue weighted by molar-refractivity contribution is 1.12. The van der Waals surface area contributed by atoms with Gasteiger partial charge in [-0.2, -0.15) is 0 Å². The lowest BCUT2D eigenvalue weighted by atomic mass is 10.0. The molecule has 0 saturated heterocycles. The third-order valence-corrected chi connectivity index (χ3v) is 4.39. The monoisotopic (exact) mass is 283 g/mol. The minimum absolute atomic E-state index is 0.580. The SMILES string of the molecule is CC(C)SNc1cccc(-c2ccc(C3CC3)cc2)c1. The third kappa shape index (κ3) is 3.37. The number of hydrogen-bond acceptors (Lipinski definition) is 2. The van der Waals surface area contributed by atoms with Gasteiger partial charge in [-0.1, -0.05) is 50.2 Å². The van der Waals surface area contributed by atoms with Gasteiger partial charge in [-0.3, -0.25) is 0 Å². The van der Waals surface area contributed by atoms with E-state index in [1.807, 2.05) is 0 Å². The minimum atomic E-state index is 0.580. The van der Waals surface area contributed by atoms with Gasteiger partial charge in [0.05, 0.1) is 0 Å². The molecular formula is C18H21NS. The van der Waals surface area contributed by atoms with E-state index in [9.17, 15) is 0 Å². The first kappa shape index (κ1) is 13.6. The Labute approximate surface area is 125 Å². The van der Waals surface area contributed by atoms with Crippen molar-refractivity contribution in [3.63, 3.8) is 0 Å². The van der Waals surface area contributed by atoms with E-state index >= 15 is 0 Å². The van der Waals surface area contributed by atoms with Crippen molar-refractivity contribution in [1.29, 1.82) is 0 Å². The molecule has 0 amide bonds. The van der Waals surface area contributed by atoms with Crippen molar-refractivity contribution in [2.45, 2.75) is 37.9 Å². The molecule has 1 saturated carbocycles. The van der Waals surface area contributed by atoms with Gasteiger partial charge < -0.3 is 4.72 Å². The van der Waals surface area contributed by atoms with E-state index in [0.717, 1.165) is 5.92 Å². The zero-order chi connectivity index (χ0) is 13.9. The summed E-state index contributed by atoms with van der Waals surface area (Å²) >= 11 is 1.75. The Kier molecular flexibility index (Phi) is 4.02. The van der Waals surface area contributed by atoms with Crippen LogP contribution in [0.3, 0.4) is 0 Å². The Hall–Kier alpha value is -1.41. The summed E-state index contributed by atoms with van der Waals surface area (Å²) in [5.41, 5.74) is 5.25. The van der Waals surface area contributed by atoms with E-state index < -0.39 is 0 Å². The first-order chi connectivity index (χ1) is 9.72. The molecule has 1 N–H and O–H groups in total. The molecule has 0 spiro atoms. The Balaban J connectivity index is 1.76. The van der Waals surface area contributed by atoms with Gasteiger partial charge >= 0.3 is 0 Å². The van der Waals surface area contributed by atoms with Crippen molar-refractivity contribution < 1.29 is 0 Å². The maximum absolute atomic E-state index is 3.41. The maximum Gasteiger partial charge on any atom is 0.0446 e. The Morgan fingerprint density at radius 2 is 1.75 bits per heavy atom. The number of hydrogen-bond donors (Lipinski definition) is 1. The van der Waals surface area contributed by atoms with Crippen molar-refractivity contribution in [2.24, 2.45) is 0 Å². The molecule has 1 aliphatic rings. The molecule has 1 fully saturated rings. The van der Waals surface area contributed by atoms with Crippen LogP contribution in [0.15, 0.2) is 48.5 Å². The number of nitrogens with one attached hydrogen (secondary N) is 1. The average molecular weight is 283 g/mol. The molecule has 2 aromatic carbocycles.